The van der Waals surface area contributed by atoms with Crippen LogP contribution in [0, 0.1) is 5.92 Å². The van der Waals surface area contributed by atoms with Gasteiger partial charge in [-0.2, -0.15) is 0 Å². The van der Waals surface area contributed by atoms with Gasteiger partial charge in [-0.15, -0.1) is 0 Å². The van der Waals surface area contributed by atoms with Gasteiger partial charge < -0.3 is 11.1 Å². The molecule has 0 aliphatic carbocycles. The van der Waals surface area contributed by atoms with Crippen molar-refractivity contribution in [3.8, 4) is 0 Å². The summed E-state index contributed by atoms with van der Waals surface area (Å²) >= 11 is 0. The van der Waals surface area contributed by atoms with Crippen LogP contribution < -0.4 is 16.2 Å². The second-order valence-electron chi connectivity index (χ2n) is 4.63. The van der Waals surface area contributed by atoms with E-state index in [-0.39, 0.29) is 16.7 Å². The van der Waals surface area contributed by atoms with Gasteiger partial charge in [-0.1, -0.05) is 25.5 Å². The van der Waals surface area contributed by atoms with Gasteiger partial charge >= 0.3 is 0 Å². The summed E-state index contributed by atoms with van der Waals surface area (Å²) in [7, 11) is -3.68. The third kappa shape index (κ3) is 4.92. The maximum absolute atomic E-state index is 11.9. The Kier molecular flexibility index (Phi) is 6.12. The van der Waals surface area contributed by atoms with Gasteiger partial charge in [-0.3, -0.25) is 4.79 Å². The maximum atomic E-state index is 11.9. The number of benzene rings is 1. The molecule has 5 N–H and O–H groups in total. The smallest absolute Gasteiger partial charge is 0.238 e. The lowest BCUT2D eigenvalue weighted by molar-refractivity contribution is -0.125. The van der Waals surface area contributed by atoms with E-state index in [1.807, 2.05) is 6.92 Å². The number of nitrogens with two attached hydrogens (primary N) is 2. The standard InChI is InChI=1S/C13H21N3O3S/c1-2-3-11(8-14)13(17)16-9-10-4-6-12(7-5-10)20(15,18)19/h4-7,11H,2-3,8-9,14H2,1H3,(H,16,17)(H2,15,18,19). The van der Waals surface area contributed by atoms with Crippen LogP contribution in [-0.2, 0) is 21.4 Å². The van der Waals surface area contributed by atoms with Crippen molar-refractivity contribution in [1.82, 2.24) is 5.32 Å². The number of hydrogen-bond donors (Lipinski definition) is 3. The van der Waals surface area contributed by atoms with Crippen molar-refractivity contribution in [3.63, 3.8) is 0 Å². The SMILES string of the molecule is CCCC(CN)C(=O)NCc1ccc(S(N)(=O)=O)cc1. The molecule has 0 spiro atoms. The molecule has 1 rings (SSSR count). The highest BCUT2D eigenvalue weighted by Crippen LogP contribution is 2.09. The zero-order valence-corrected chi connectivity index (χ0v) is 12.3. The topological polar surface area (TPSA) is 115 Å². The van der Waals surface area contributed by atoms with E-state index in [2.05, 4.69) is 5.32 Å². The van der Waals surface area contributed by atoms with Crippen LogP contribution in [0.25, 0.3) is 0 Å². The summed E-state index contributed by atoms with van der Waals surface area (Å²) in [5, 5.41) is 7.80. The Morgan fingerprint density at radius 3 is 2.35 bits per heavy atom. The van der Waals surface area contributed by atoms with E-state index in [1.165, 1.54) is 12.1 Å². The molecule has 112 valence electrons. The largest absolute Gasteiger partial charge is 0.352 e. The molecular formula is C13H21N3O3S. The van der Waals surface area contributed by atoms with E-state index < -0.39 is 10.0 Å². The Balaban J connectivity index is 2.60. The van der Waals surface area contributed by atoms with E-state index >= 15 is 0 Å². The van der Waals surface area contributed by atoms with Crippen LogP contribution in [0.1, 0.15) is 25.3 Å². The zero-order chi connectivity index (χ0) is 15.2. The highest BCUT2D eigenvalue weighted by atomic mass is 32.2. The molecule has 1 amide bonds. The van der Waals surface area contributed by atoms with E-state index in [4.69, 9.17) is 10.9 Å². The van der Waals surface area contributed by atoms with Crippen molar-refractivity contribution >= 4 is 15.9 Å². The number of nitrogens with one attached hydrogen (secondary N) is 1. The van der Waals surface area contributed by atoms with Gasteiger partial charge in [0.2, 0.25) is 15.9 Å². The second-order valence-corrected chi connectivity index (χ2v) is 6.19. The lowest BCUT2D eigenvalue weighted by atomic mass is 10.0. The maximum Gasteiger partial charge on any atom is 0.238 e. The van der Waals surface area contributed by atoms with Gasteiger partial charge in [0, 0.05) is 13.1 Å². The Bertz CT molecular complexity index is 540. The summed E-state index contributed by atoms with van der Waals surface area (Å²) in [5.74, 6) is -0.256. The number of primary sulfonamides is 1. The Labute approximate surface area is 119 Å². The van der Waals surface area contributed by atoms with Crippen LogP contribution in [0.4, 0.5) is 0 Å². The number of amides is 1. The van der Waals surface area contributed by atoms with Crippen molar-refractivity contribution in [2.45, 2.75) is 31.2 Å². The first kappa shape index (κ1) is 16.6. The predicted molar refractivity (Wildman–Crippen MR) is 77.1 cm³/mol. The summed E-state index contributed by atoms with van der Waals surface area (Å²) in [6.07, 6.45) is 1.66. The molecule has 6 nitrogen and oxygen atoms in total. The summed E-state index contributed by atoms with van der Waals surface area (Å²) in [6, 6.07) is 6.08. The molecule has 0 radical (unpaired) electrons. The lowest BCUT2D eigenvalue weighted by Gasteiger charge is -2.14. The molecule has 20 heavy (non-hydrogen) atoms. The van der Waals surface area contributed by atoms with Crippen molar-refractivity contribution in [1.29, 1.82) is 0 Å². The Morgan fingerprint density at radius 1 is 1.30 bits per heavy atom. The second kappa shape index (κ2) is 7.37. The number of hydrogen-bond acceptors (Lipinski definition) is 4. The van der Waals surface area contributed by atoms with Crippen LogP contribution >= 0.6 is 0 Å². The first-order valence-electron chi connectivity index (χ1n) is 6.48. The first-order valence-corrected chi connectivity index (χ1v) is 8.02. The third-order valence-corrected chi connectivity index (χ3v) is 3.94. The minimum absolute atomic E-state index is 0.0541. The van der Waals surface area contributed by atoms with Crippen LogP contribution in [0.3, 0.4) is 0 Å². The molecule has 1 aromatic rings. The van der Waals surface area contributed by atoms with Gasteiger partial charge in [0.15, 0.2) is 0 Å². The quantitative estimate of drug-likeness (QED) is 0.672. The van der Waals surface area contributed by atoms with Crippen LogP contribution in [0.2, 0.25) is 0 Å². The van der Waals surface area contributed by atoms with Gasteiger partial charge in [0.25, 0.3) is 0 Å². The average Bonchev–Trinajstić information content (AvgIpc) is 2.41. The minimum atomic E-state index is -3.68. The van der Waals surface area contributed by atoms with Crippen LogP contribution in [0.5, 0.6) is 0 Å². The lowest BCUT2D eigenvalue weighted by Crippen LogP contribution is -2.34. The molecular weight excluding hydrogens is 278 g/mol. The van der Waals surface area contributed by atoms with Crippen molar-refractivity contribution in [3.05, 3.63) is 29.8 Å². The fraction of sp³-hybridized carbons (Fsp3) is 0.462. The molecule has 7 heteroatoms. The molecule has 0 saturated heterocycles. The summed E-state index contributed by atoms with van der Waals surface area (Å²) in [5.41, 5.74) is 6.36. The number of rotatable bonds is 7. The number of carbonyl (C=O) groups excluding carboxylic acids is 1. The molecule has 0 fully saturated rings. The molecule has 0 aliphatic heterocycles. The van der Waals surface area contributed by atoms with Crippen molar-refractivity contribution < 1.29 is 13.2 Å². The third-order valence-electron chi connectivity index (χ3n) is 3.01. The van der Waals surface area contributed by atoms with E-state index in [1.54, 1.807) is 12.1 Å². The highest BCUT2D eigenvalue weighted by Gasteiger charge is 2.15. The predicted octanol–water partition coefficient (Wildman–Crippen LogP) is 0.325. The molecule has 0 saturated carbocycles. The minimum Gasteiger partial charge on any atom is -0.352 e. The van der Waals surface area contributed by atoms with Crippen molar-refractivity contribution in [2.24, 2.45) is 16.8 Å². The monoisotopic (exact) mass is 299 g/mol. The fourth-order valence-corrected chi connectivity index (χ4v) is 2.35. The number of sulfonamides is 1. The van der Waals surface area contributed by atoms with Crippen LogP contribution in [0.15, 0.2) is 29.2 Å². The number of carbonyl (C=O) groups is 1. The summed E-state index contributed by atoms with van der Waals surface area (Å²) in [4.78, 5) is 11.9. The van der Waals surface area contributed by atoms with Gasteiger partial charge in [0.1, 0.15) is 0 Å². The summed E-state index contributed by atoms with van der Waals surface area (Å²) in [6.45, 7) is 2.66. The van der Waals surface area contributed by atoms with E-state index in [9.17, 15) is 13.2 Å². The molecule has 0 aromatic heterocycles. The average molecular weight is 299 g/mol. The first-order chi connectivity index (χ1) is 9.38. The molecule has 0 aliphatic rings. The zero-order valence-electron chi connectivity index (χ0n) is 11.5. The Morgan fingerprint density at radius 2 is 1.90 bits per heavy atom. The van der Waals surface area contributed by atoms with Gasteiger partial charge in [0.05, 0.1) is 10.8 Å². The molecule has 1 atom stereocenters. The fourth-order valence-electron chi connectivity index (χ4n) is 1.83. The molecule has 1 aromatic carbocycles. The molecule has 0 bridgehead atoms. The van der Waals surface area contributed by atoms with Crippen LogP contribution in [-0.4, -0.2) is 20.9 Å². The van der Waals surface area contributed by atoms with Gasteiger partial charge in [-0.25, -0.2) is 13.6 Å². The summed E-state index contributed by atoms with van der Waals surface area (Å²) < 4.78 is 22.2. The normalized spacial score (nSPS) is 12.9. The van der Waals surface area contributed by atoms with E-state index in [0.717, 1.165) is 18.4 Å². The highest BCUT2D eigenvalue weighted by molar-refractivity contribution is 7.89. The Hall–Kier alpha value is -1.44. The van der Waals surface area contributed by atoms with Crippen molar-refractivity contribution in [2.75, 3.05) is 6.54 Å². The molecule has 0 heterocycles. The van der Waals surface area contributed by atoms with E-state index in [0.29, 0.717) is 13.1 Å². The molecule has 1 unspecified atom stereocenters. The van der Waals surface area contributed by atoms with Gasteiger partial charge in [-0.05, 0) is 24.1 Å².